The van der Waals surface area contributed by atoms with Crippen molar-refractivity contribution in [1.82, 2.24) is 10.2 Å². The Morgan fingerprint density at radius 3 is 2.29 bits per heavy atom. The number of fused-ring (bicyclic) bond motifs is 1. The third-order valence-corrected chi connectivity index (χ3v) is 12.3. The van der Waals surface area contributed by atoms with Gasteiger partial charge in [-0.1, -0.05) is 113 Å². The summed E-state index contributed by atoms with van der Waals surface area (Å²) in [7, 11) is 0. The van der Waals surface area contributed by atoms with Crippen molar-refractivity contribution in [3.05, 3.63) is 188 Å². The Bertz CT molecular complexity index is 2480. The molecular formula is C47H41BrN4O5S2. The van der Waals surface area contributed by atoms with Gasteiger partial charge in [0.15, 0.2) is 0 Å². The molecule has 7 rings (SSSR count). The quantitative estimate of drug-likeness (QED) is 0.0567. The Kier molecular flexibility index (Phi) is 13.9. The Balaban J connectivity index is 1.12. The molecule has 0 aliphatic carbocycles. The SMILES string of the molecule is CCOC(=O)c1c(NC(=O)C(Sc2cccc(NC(=O)/C(=C\c3cccc(Br)c3)NC(=O)c3ccccc3)c2)c2ccccc2)sc2c1CCN(Cc1ccccc1)C2. The summed E-state index contributed by atoms with van der Waals surface area (Å²) in [6.07, 6.45) is 2.27. The highest BCUT2D eigenvalue weighted by atomic mass is 79.9. The fourth-order valence-corrected chi connectivity index (χ4v) is 9.49. The molecule has 1 unspecified atom stereocenters. The first-order valence-electron chi connectivity index (χ1n) is 19.1. The first-order chi connectivity index (χ1) is 28.7. The number of hydrogen-bond donors (Lipinski definition) is 3. The number of rotatable bonds is 14. The molecule has 12 heteroatoms. The summed E-state index contributed by atoms with van der Waals surface area (Å²) in [6.45, 7) is 4.20. The number of anilines is 2. The van der Waals surface area contributed by atoms with Crippen LogP contribution in [-0.2, 0) is 33.8 Å². The lowest BCUT2D eigenvalue weighted by atomic mass is 10.0. The lowest BCUT2D eigenvalue weighted by Crippen LogP contribution is -2.30. The second kappa shape index (κ2) is 19.8. The molecule has 0 bridgehead atoms. The number of hydrogen-bond acceptors (Lipinski definition) is 8. The lowest BCUT2D eigenvalue weighted by molar-refractivity contribution is -0.116. The predicted molar refractivity (Wildman–Crippen MR) is 239 cm³/mol. The van der Waals surface area contributed by atoms with Gasteiger partial charge in [-0.25, -0.2) is 4.79 Å². The first-order valence-corrected chi connectivity index (χ1v) is 21.6. The minimum atomic E-state index is -0.719. The fraction of sp³-hybridized carbons (Fsp3) is 0.149. The average Bonchev–Trinajstić information content (AvgIpc) is 3.60. The number of halogens is 1. The molecule has 59 heavy (non-hydrogen) atoms. The van der Waals surface area contributed by atoms with Crippen molar-refractivity contribution in [1.29, 1.82) is 0 Å². The second-order valence-electron chi connectivity index (χ2n) is 13.7. The van der Waals surface area contributed by atoms with Crippen LogP contribution in [0.15, 0.2) is 155 Å². The van der Waals surface area contributed by atoms with Crippen molar-refractivity contribution >= 4 is 79.5 Å². The monoisotopic (exact) mass is 884 g/mol. The largest absolute Gasteiger partial charge is 0.462 e. The van der Waals surface area contributed by atoms with Gasteiger partial charge in [0.25, 0.3) is 11.8 Å². The number of amides is 3. The van der Waals surface area contributed by atoms with Crippen molar-refractivity contribution in [2.24, 2.45) is 0 Å². The molecule has 0 saturated carbocycles. The maximum atomic E-state index is 14.4. The molecule has 1 aliphatic rings. The summed E-state index contributed by atoms with van der Waals surface area (Å²) in [5.74, 6) is -1.70. The Morgan fingerprint density at radius 2 is 1.56 bits per heavy atom. The van der Waals surface area contributed by atoms with Crippen molar-refractivity contribution in [2.75, 3.05) is 23.8 Å². The molecule has 1 atom stereocenters. The van der Waals surface area contributed by atoms with Crippen LogP contribution in [0.2, 0.25) is 0 Å². The van der Waals surface area contributed by atoms with Crippen LogP contribution in [-0.4, -0.2) is 41.7 Å². The van der Waals surface area contributed by atoms with Crippen LogP contribution in [0.25, 0.3) is 6.08 Å². The Morgan fingerprint density at radius 1 is 0.847 bits per heavy atom. The van der Waals surface area contributed by atoms with E-state index in [-0.39, 0.29) is 18.2 Å². The van der Waals surface area contributed by atoms with Gasteiger partial charge in [-0.15, -0.1) is 23.1 Å². The van der Waals surface area contributed by atoms with E-state index in [0.717, 1.165) is 33.6 Å². The molecule has 0 spiro atoms. The van der Waals surface area contributed by atoms with E-state index >= 15 is 0 Å². The topological polar surface area (TPSA) is 117 Å². The molecule has 3 N–H and O–H groups in total. The van der Waals surface area contributed by atoms with Gasteiger partial charge < -0.3 is 20.7 Å². The number of carbonyl (C=O) groups is 4. The van der Waals surface area contributed by atoms with Gasteiger partial charge in [-0.05, 0) is 84.1 Å². The molecule has 5 aromatic carbocycles. The summed E-state index contributed by atoms with van der Waals surface area (Å²) < 4.78 is 6.34. The van der Waals surface area contributed by atoms with Gasteiger partial charge in [-0.2, -0.15) is 0 Å². The van der Waals surface area contributed by atoms with Crippen LogP contribution in [0.1, 0.15) is 60.0 Å². The summed E-state index contributed by atoms with van der Waals surface area (Å²) in [6, 6.07) is 43.0. The Hall–Kier alpha value is -5.79. The van der Waals surface area contributed by atoms with E-state index in [1.165, 1.54) is 28.7 Å². The third kappa shape index (κ3) is 10.8. The maximum Gasteiger partial charge on any atom is 0.341 e. The van der Waals surface area contributed by atoms with E-state index in [4.69, 9.17) is 4.74 Å². The molecule has 298 valence electrons. The molecule has 2 heterocycles. The van der Waals surface area contributed by atoms with E-state index in [0.29, 0.717) is 45.2 Å². The average molecular weight is 886 g/mol. The summed E-state index contributed by atoms with van der Waals surface area (Å²) in [4.78, 5) is 59.0. The molecule has 6 aromatic rings. The minimum absolute atomic E-state index is 0.0517. The van der Waals surface area contributed by atoms with E-state index in [1.54, 1.807) is 55.5 Å². The predicted octanol–water partition coefficient (Wildman–Crippen LogP) is 10.1. The number of nitrogens with zero attached hydrogens (tertiary/aromatic N) is 1. The minimum Gasteiger partial charge on any atom is -0.462 e. The standard InChI is InChI=1S/C47H41BrN4O5S2/c1-2-57-47(56)41-38-24-25-52(29-31-14-6-3-7-15-31)30-40(38)59-46(41)51-45(55)42(33-17-8-4-9-18-33)58-37-23-13-22-36(28-37)49-44(54)39(27-32-16-12-21-35(48)26-32)50-43(53)34-19-10-5-11-20-34/h3-23,26-28,42H,2,24-25,29-30H2,1H3,(H,49,54)(H,50,53)(H,51,55)/b39-27+. The van der Waals surface area contributed by atoms with E-state index in [9.17, 15) is 19.2 Å². The van der Waals surface area contributed by atoms with Crippen molar-refractivity contribution in [2.45, 2.75) is 36.6 Å². The Labute approximate surface area is 360 Å². The smallest absolute Gasteiger partial charge is 0.341 e. The lowest BCUT2D eigenvalue weighted by Gasteiger charge is -2.27. The molecule has 0 saturated heterocycles. The normalized spacial score (nSPS) is 13.2. The molecule has 0 radical (unpaired) electrons. The zero-order valence-electron chi connectivity index (χ0n) is 32.2. The molecule has 1 aromatic heterocycles. The number of ether oxygens (including phenoxy) is 1. The number of esters is 1. The van der Waals surface area contributed by atoms with Gasteiger partial charge in [-0.3, -0.25) is 19.3 Å². The van der Waals surface area contributed by atoms with Gasteiger partial charge in [0.1, 0.15) is 15.9 Å². The number of nitrogens with one attached hydrogen (secondary N) is 3. The van der Waals surface area contributed by atoms with Gasteiger partial charge in [0.2, 0.25) is 5.91 Å². The first kappa shape index (κ1) is 41.4. The van der Waals surface area contributed by atoms with Crippen LogP contribution < -0.4 is 16.0 Å². The summed E-state index contributed by atoms with van der Waals surface area (Å²) >= 11 is 6.22. The van der Waals surface area contributed by atoms with Crippen molar-refractivity contribution in [3.63, 3.8) is 0 Å². The van der Waals surface area contributed by atoms with Crippen LogP contribution in [0.3, 0.4) is 0 Å². The fourth-order valence-electron chi connectivity index (χ4n) is 6.71. The number of carbonyl (C=O) groups excluding carboxylic acids is 4. The molecule has 9 nitrogen and oxygen atoms in total. The summed E-state index contributed by atoms with van der Waals surface area (Å²) in [5.41, 5.74) is 4.96. The summed E-state index contributed by atoms with van der Waals surface area (Å²) in [5, 5.41) is 8.60. The highest BCUT2D eigenvalue weighted by Crippen LogP contribution is 2.41. The third-order valence-electron chi connectivity index (χ3n) is 9.48. The van der Waals surface area contributed by atoms with Crippen LogP contribution >= 0.6 is 39.0 Å². The van der Waals surface area contributed by atoms with Crippen molar-refractivity contribution < 1.29 is 23.9 Å². The van der Waals surface area contributed by atoms with E-state index < -0.39 is 23.0 Å². The van der Waals surface area contributed by atoms with Gasteiger partial charge in [0.05, 0.1) is 12.2 Å². The number of thiophene rings is 1. The van der Waals surface area contributed by atoms with Gasteiger partial charge in [0, 0.05) is 45.1 Å². The molecular weight excluding hydrogens is 845 g/mol. The number of thioether (sulfide) groups is 1. The number of benzene rings is 5. The van der Waals surface area contributed by atoms with E-state index in [1.807, 2.05) is 84.9 Å². The molecule has 3 amide bonds. The van der Waals surface area contributed by atoms with Crippen LogP contribution in [0.5, 0.6) is 0 Å². The maximum absolute atomic E-state index is 14.4. The molecule has 0 fully saturated rings. The highest BCUT2D eigenvalue weighted by Gasteiger charge is 2.32. The molecule has 1 aliphatic heterocycles. The van der Waals surface area contributed by atoms with Crippen LogP contribution in [0, 0.1) is 0 Å². The van der Waals surface area contributed by atoms with Gasteiger partial charge >= 0.3 is 5.97 Å². The second-order valence-corrected chi connectivity index (χ2v) is 16.9. The van der Waals surface area contributed by atoms with Crippen molar-refractivity contribution in [3.8, 4) is 0 Å². The zero-order valence-corrected chi connectivity index (χ0v) is 35.4. The highest BCUT2D eigenvalue weighted by molar-refractivity contribution is 9.10. The van der Waals surface area contributed by atoms with E-state index in [2.05, 4.69) is 48.9 Å². The zero-order chi connectivity index (χ0) is 41.1. The van der Waals surface area contributed by atoms with Crippen LogP contribution in [0.4, 0.5) is 10.7 Å².